The summed E-state index contributed by atoms with van der Waals surface area (Å²) < 4.78 is 0. The highest BCUT2D eigenvalue weighted by molar-refractivity contribution is 6.33. The summed E-state index contributed by atoms with van der Waals surface area (Å²) >= 11 is 6.34. The number of piperidine rings is 1. The number of halogens is 1. The maximum atomic E-state index is 13.9. The molecule has 6 heterocycles. The first-order chi connectivity index (χ1) is 27.1. The highest BCUT2D eigenvalue weighted by Gasteiger charge is 2.47. The summed E-state index contributed by atoms with van der Waals surface area (Å²) in [6.45, 7) is 15.3. The number of nitrogens with one attached hydrogen (secondary N) is 1. The van der Waals surface area contributed by atoms with Gasteiger partial charge in [0.25, 0.3) is 17.7 Å². The number of carbonyl (C=O) groups is 5. The molecule has 9 rings (SSSR count). The summed E-state index contributed by atoms with van der Waals surface area (Å²) in [6, 6.07) is 18.2. The van der Waals surface area contributed by atoms with E-state index in [2.05, 4.69) is 35.8 Å². The number of hydrogen-bond donors (Lipinski definition) is 1. The van der Waals surface area contributed by atoms with Crippen molar-refractivity contribution in [1.29, 1.82) is 0 Å². The number of piperazine rings is 1. The van der Waals surface area contributed by atoms with Gasteiger partial charge in [-0.05, 0) is 68.1 Å². The number of fused-ring (bicyclic) bond motifs is 1. The highest BCUT2D eigenvalue weighted by Crippen LogP contribution is 2.43. The van der Waals surface area contributed by atoms with Crippen LogP contribution in [-0.2, 0) is 9.59 Å². The molecule has 0 radical (unpaired) electrons. The van der Waals surface area contributed by atoms with Gasteiger partial charge in [0.05, 0.1) is 23.4 Å². The van der Waals surface area contributed by atoms with Gasteiger partial charge in [0.15, 0.2) is 0 Å². The number of amides is 5. The minimum absolute atomic E-state index is 0.0496. The largest absolute Gasteiger partial charge is 0.371 e. The summed E-state index contributed by atoms with van der Waals surface area (Å²) in [4.78, 5) is 81.2. The minimum atomic E-state index is -0.992. The normalized spacial score (nSPS) is 25.4. The number of nitrogens with zero attached hydrogens (tertiary/aromatic N) is 7. The van der Waals surface area contributed by atoms with Gasteiger partial charge in [-0.1, -0.05) is 29.8 Å². The molecule has 288 valence electrons. The summed E-state index contributed by atoms with van der Waals surface area (Å²) in [5.74, 6) is -1.90. The fourth-order valence-corrected chi connectivity index (χ4v) is 9.98. The van der Waals surface area contributed by atoms with Gasteiger partial charge in [-0.15, -0.1) is 0 Å². The third kappa shape index (κ3) is 6.34. The molecule has 5 fully saturated rings. The number of imide groups is 2. The molecular weight excluding hydrogens is 732 g/mol. The zero-order chi connectivity index (χ0) is 38.7. The van der Waals surface area contributed by atoms with E-state index in [0.717, 1.165) is 101 Å². The van der Waals surface area contributed by atoms with Crippen molar-refractivity contribution in [1.82, 2.24) is 20.0 Å². The van der Waals surface area contributed by atoms with Gasteiger partial charge in [0.1, 0.15) is 6.04 Å². The predicted molar refractivity (Wildman–Crippen MR) is 211 cm³/mol. The molecule has 0 aromatic heterocycles. The van der Waals surface area contributed by atoms with E-state index in [9.17, 15) is 24.0 Å². The molecule has 3 unspecified atom stereocenters. The predicted octanol–water partition coefficient (Wildman–Crippen LogP) is 4.44. The molecule has 6 aliphatic rings. The van der Waals surface area contributed by atoms with Crippen LogP contribution in [-0.4, -0.2) is 122 Å². The van der Waals surface area contributed by atoms with Gasteiger partial charge >= 0.3 is 0 Å². The van der Waals surface area contributed by atoms with Crippen LogP contribution in [0.1, 0.15) is 63.2 Å². The van der Waals surface area contributed by atoms with E-state index in [1.807, 2.05) is 41.3 Å². The van der Waals surface area contributed by atoms with Crippen molar-refractivity contribution < 1.29 is 24.0 Å². The Morgan fingerprint density at radius 2 is 1.59 bits per heavy atom. The second kappa shape index (κ2) is 14.2. The molecule has 3 aromatic carbocycles. The van der Waals surface area contributed by atoms with Crippen LogP contribution in [0.5, 0.6) is 0 Å². The fourth-order valence-electron chi connectivity index (χ4n) is 9.76. The van der Waals surface area contributed by atoms with Gasteiger partial charge in [-0.3, -0.25) is 39.1 Å². The molecule has 3 atom stereocenters. The van der Waals surface area contributed by atoms with Gasteiger partial charge in [-0.25, -0.2) is 4.85 Å². The lowest BCUT2D eigenvalue weighted by Crippen LogP contribution is -2.54. The maximum absolute atomic E-state index is 13.9. The first kappa shape index (κ1) is 36.2. The average Bonchev–Trinajstić information content (AvgIpc) is 4.02. The Balaban J connectivity index is 0.800. The summed E-state index contributed by atoms with van der Waals surface area (Å²) in [5, 5.41) is 2.74. The highest BCUT2D eigenvalue weighted by atomic mass is 35.5. The zero-order valence-corrected chi connectivity index (χ0v) is 31.8. The molecule has 14 heteroatoms. The monoisotopic (exact) mass is 774 g/mol. The van der Waals surface area contributed by atoms with Crippen LogP contribution < -0.4 is 20.0 Å². The van der Waals surface area contributed by atoms with E-state index < -0.39 is 29.7 Å². The Kier molecular flexibility index (Phi) is 9.21. The molecule has 5 saturated heterocycles. The van der Waals surface area contributed by atoms with Crippen LogP contribution in [0.3, 0.4) is 0 Å². The topological polar surface area (TPSA) is 121 Å². The van der Waals surface area contributed by atoms with Crippen molar-refractivity contribution >= 4 is 63.9 Å². The SMILES string of the molecule is [C-]#[N+]c1ccc(N2CCC3(CCN(C(=O)c4cccc(N5CCN(C6CCN(c7cccc8c7C(=O)N(C7CCC(=O)NC7=O)C8=O)C6)CC5)c4)C3)C2)cc1Cl. The summed E-state index contributed by atoms with van der Waals surface area (Å²) in [6.07, 6.45) is 3.11. The van der Waals surface area contributed by atoms with E-state index in [-0.39, 0.29) is 30.2 Å². The maximum Gasteiger partial charge on any atom is 0.264 e. The second-order valence-corrected chi connectivity index (χ2v) is 16.4. The van der Waals surface area contributed by atoms with Gasteiger partial charge in [0, 0.05) is 105 Å². The third-order valence-electron chi connectivity index (χ3n) is 12.8. The van der Waals surface area contributed by atoms with Crippen LogP contribution in [0, 0.1) is 12.0 Å². The van der Waals surface area contributed by atoms with E-state index in [1.165, 1.54) is 0 Å². The summed E-state index contributed by atoms with van der Waals surface area (Å²) in [5.41, 5.74) is 4.65. The third-order valence-corrected chi connectivity index (χ3v) is 13.1. The van der Waals surface area contributed by atoms with Crippen molar-refractivity contribution in [2.45, 2.75) is 44.2 Å². The lowest BCUT2D eigenvalue weighted by molar-refractivity contribution is -0.136. The van der Waals surface area contributed by atoms with Crippen LogP contribution in [0.2, 0.25) is 5.02 Å². The second-order valence-electron chi connectivity index (χ2n) is 16.0. The number of hydrogen-bond acceptors (Lipinski definition) is 9. The van der Waals surface area contributed by atoms with Crippen molar-refractivity contribution in [3.8, 4) is 0 Å². The van der Waals surface area contributed by atoms with E-state index >= 15 is 0 Å². The smallest absolute Gasteiger partial charge is 0.264 e. The quantitative estimate of drug-likeness (QED) is 0.287. The number of benzene rings is 3. The molecule has 0 aliphatic carbocycles. The number of carbonyl (C=O) groups excluding carboxylic acids is 5. The standard InChI is InChI=1S/C42H43ClN8O5/c1-44-33-9-8-29(23-32(33)43)49-16-13-42(25-49)14-17-50(26-42)39(54)27-4-2-5-28(22-27)46-18-20-47(21-19-46)30-12-15-48(24-30)34-7-3-6-31-37(34)41(56)51(40(31)55)35-10-11-36(52)45-38(35)53/h2-9,22-23,30,35H,10-21,24-26H2,(H,45,52,53). The first-order valence-corrected chi connectivity index (χ1v) is 19.9. The van der Waals surface area contributed by atoms with Crippen molar-refractivity contribution in [3.05, 3.63) is 93.8 Å². The lowest BCUT2D eigenvalue weighted by Gasteiger charge is -2.39. The van der Waals surface area contributed by atoms with Crippen molar-refractivity contribution in [2.75, 3.05) is 80.1 Å². The van der Waals surface area contributed by atoms with Crippen LogP contribution in [0.25, 0.3) is 4.85 Å². The Hall–Kier alpha value is -5.45. The molecule has 0 saturated carbocycles. The van der Waals surface area contributed by atoms with Crippen LogP contribution >= 0.6 is 11.6 Å². The number of anilines is 3. The molecule has 56 heavy (non-hydrogen) atoms. The van der Waals surface area contributed by atoms with Gasteiger partial charge < -0.3 is 19.6 Å². The Labute approximate surface area is 330 Å². The van der Waals surface area contributed by atoms with Gasteiger partial charge in [0.2, 0.25) is 17.5 Å². The molecule has 1 N–H and O–H groups in total. The molecular formula is C42H43ClN8O5. The number of likely N-dealkylation sites (tertiary alicyclic amines) is 1. The van der Waals surface area contributed by atoms with Crippen LogP contribution in [0.15, 0.2) is 60.7 Å². The Morgan fingerprint density at radius 3 is 2.38 bits per heavy atom. The first-order valence-electron chi connectivity index (χ1n) is 19.5. The fraction of sp³-hybridized carbons (Fsp3) is 0.429. The molecule has 3 aromatic rings. The molecule has 0 bridgehead atoms. The van der Waals surface area contributed by atoms with Crippen LogP contribution in [0.4, 0.5) is 22.7 Å². The molecule has 6 aliphatic heterocycles. The molecule has 5 amide bonds. The molecule has 13 nitrogen and oxygen atoms in total. The summed E-state index contributed by atoms with van der Waals surface area (Å²) in [7, 11) is 0. The van der Waals surface area contributed by atoms with Crippen molar-refractivity contribution in [3.63, 3.8) is 0 Å². The van der Waals surface area contributed by atoms with Gasteiger partial charge in [-0.2, -0.15) is 0 Å². The average molecular weight is 775 g/mol. The van der Waals surface area contributed by atoms with E-state index in [0.29, 0.717) is 33.1 Å². The van der Waals surface area contributed by atoms with Crippen molar-refractivity contribution in [2.24, 2.45) is 5.41 Å². The Bertz CT molecular complexity index is 2200. The van der Waals surface area contributed by atoms with E-state index in [1.54, 1.807) is 18.2 Å². The minimum Gasteiger partial charge on any atom is -0.371 e. The zero-order valence-electron chi connectivity index (χ0n) is 31.1. The lowest BCUT2D eigenvalue weighted by atomic mass is 9.86. The molecule has 1 spiro atoms. The number of rotatable bonds is 6. The van der Waals surface area contributed by atoms with E-state index in [4.69, 9.17) is 18.2 Å². The Morgan fingerprint density at radius 1 is 0.804 bits per heavy atom.